The Bertz CT molecular complexity index is 1560. The quantitative estimate of drug-likeness (QED) is 0.345. The summed E-state index contributed by atoms with van der Waals surface area (Å²) in [5, 5.41) is 15.8. The van der Waals surface area contributed by atoms with Crippen LogP contribution in [0.3, 0.4) is 0 Å². The fraction of sp³-hybridized carbons (Fsp3) is 0.185. The number of aliphatic carboxylic acids is 1. The molecule has 0 aliphatic heterocycles. The summed E-state index contributed by atoms with van der Waals surface area (Å²) in [6.45, 7) is 4.38. The molecule has 0 atom stereocenters. The molecule has 35 heavy (non-hydrogen) atoms. The molecule has 0 saturated heterocycles. The van der Waals surface area contributed by atoms with Gasteiger partial charge < -0.3 is 15.6 Å². The number of hydrogen-bond donors (Lipinski definition) is 2. The van der Waals surface area contributed by atoms with Crippen LogP contribution < -0.4 is 10.5 Å². The average molecular weight is 468 g/mol. The van der Waals surface area contributed by atoms with Crippen LogP contribution in [0.1, 0.15) is 31.1 Å². The molecule has 8 nitrogen and oxygen atoms in total. The van der Waals surface area contributed by atoms with Crippen molar-refractivity contribution in [2.45, 2.75) is 32.9 Å². The van der Waals surface area contributed by atoms with Gasteiger partial charge in [0, 0.05) is 22.4 Å². The van der Waals surface area contributed by atoms with Crippen LogP contribution in [-0.4, -0.2) is 30.8 Å². The standard InChI is InChI=1S/C27H25N5O3/c1-16(2)32-24-10-8-18(17-7-9-22-21(12-17)27(28)30-15-29-22)11-20(24)23(31-32)14-35-25-6-4-3-5-19(25)13-26(33)34/h3-12,15-16H,13-14H2,1-2H3,(H,33,34)(H2,28,29,30). The number of hydrogen-bond acceptors (Lipinski definition) is 6. The van der Waals surface area contributed by atoms with Crippen LogP contribution in [0.2, 0.25) is 0 Å². The number of rotatable bonds is 7. The van der Waals surface area contributed by atoms with E-state index in [2.05, 4.69) is 42.0 Å². The van der Waals surface area contributed by atoms with Gasteiger partial charge in [0.1, 0.15) is 30.2 Å². The van der Waals surface area contributed by atoms with Crippen LogP contribution in [0.15, 0.2) is 67.0 Å². The fourth-order valence-corrected chi connectivity index (χ4v) is 4.24. The Kier molecular flexibility index (Phi) is 5.78. The lowest BCUT2D eigenvalue weighted by atomic mass is 10.0. The molecule has 2 aromatic heterocycles. The Morgan fingerprint density at radius 2 is 1.77 bits per heavy atom. The Morgan fingerprint density at radius 1 is 1.03 bits per heavy atom. The Balaban J connectivity index is 1.54. The van der Waals surface area contributed by atoms with Gasteiger partial charge in [-0.1, -0.05) is 30.3 Å². The number of aromatic nitrogens is 4. The molecule has 0 bridgehead atoms. The molecule has 3 aromatic carbocycles. The number of nitrogens with two attached hydrogens (primary N) is 1. The Labute approximate surface area is 202 Å². The predicted molar refractivity (Wildman–Crippen MR) is 135 cm³/mol. The number of carbonyl (C=O) groups is 1. The first-order chi connectivity index (χ1) is 16.9. The zero-order valence-electron chi connectivity index (χ0n) is 19.5. The van der Waals surface area contributed by atoms with Gasteiger partial charge in [0.2, 0.25) is 0 Å². The minimum Gasteiger partial charge on any atom is -0.487 e. The molecule has 176 valence electrons. The molecule has 0 aliphatic carbocycles. The van der Waals surface area contributed by atoms with E-state index >= 15 is 0 Å². The third-order valence-electron chi connectivity index (χ3n) is 5.95. The summed E-state index contributed by atoms with van der Waals surface area (Å²) < 4.78 is 8.05. The van der Waals surface area contributed by atoms with E-state index in [4.69, 9.17) is 15.6 Å². The number of fused-ring (bicyclic) bond motifs is 2. The largest absolute Gasteiger partial charge is 0.487 e. The van der Waals surface area contributed by atoms with Gasteiger partial charge in [-0.25, -0.2) is 9.97 Å². The minimum absolute atomic E-state index is 0.101. The van der Waals surface area contributed by atoms with Crippen molar-refractivity contribution in [2.75, 3.05) is 5.73 Å². The lowest BCUT2D eigenvalue weighted by Gasteiger charge is -2.09. The second-order valence-corrected chi connectivity index (χ2v) is 8.67. The summed E-state index contributed by atoms with van der Waals surface area (Å²) in [4.78, 5) is 19.6. The molecule has 8 heteroatoms. The van der Waals surface area contributed by atoms with Crippen molar-refractivity contribution in [1.29, 1.82) is 0 Å². The normalized spacial score (nSPS) is 11.4. The van der Waals surface area contributed by atoms with Gasteiger partial charge in [0.05, 0.1) is 17.5 Å². The van der Waals surface area contributed by atoms with E-state index in [0.717, 1.165) is 38.6 Å². The van der Waals surface area contributed by atoms with E-state index in [0.29, 0.717) is 17.1 Å². The highest BCUT2D eigenvalue weighted by molar-refractivity contribution is 5.93. The van der Waals surface area contributed by atoms with Crippen LogP contribution in [0.25, 0.3) is 32.9 Å². The smallest absolute Gasteiger partial charge is 0.307 e. The fourth-order valence-electron chi connectivity index (χ4n) is 4.24. The topological polar surface area (TPSA) is 116 Å². The highest BCUT2D eigenvalue weighted by Gasteiger charge is 2.16. The summed E-state index contributed by atoms with van der Waals surface area (Å²) >= 11 is 0. The predicted octanol–water partition coefficient (Wildman–Crippen LogP) is 5.02. The highest BCUT2D eigenvalue weighted by atomic mass is 16.5. The monoisotopic (exact) mass is 467 g/mol. The molecule has 3 N–H and O–H groups in total. The maximum Gasteiger partial charge on any atom is 0.307 e. The number of nitrogens with zero attached hydrogens (tertiary/aromatic N) is 4. The highest BCUT2D eigenvalue weighted by Crippen LogP contribution is 2.31. The second kappa shape index (κ2) is 9.06. The Morgan fingerprint density at radius 3 is 2.54 bits per heavy atom. The molecule has 5 aromatic rings. The van der Waals surface area contributed by atoms with Gasteiger partial charge in [-0.15, -0.1) is 0 Å². The molecular weight excluding hydrogens is 442 g/mol. The van der Waals surface area contributed by atoms with Crippen molar-refractivity contribution in [3.05, 3.63) is 78.2 Å². The summed E-state index contributed by atoms with van der Waals surface area (Å²) in [6, 6.07) is 19.5. The summed E-state index contributed by atoms with van der Waals surface area (Å²) in [6.07, 6.45) is 1.36. The molecule has 0 aliphatic rings. The van der Waals surface area contributed by atoms with E-state index in [1.165, 1.54) is 6.33 Å². The van der Waals surface area contributed by atoms with Gasteiger partial charge >= 0.3 is 5.97 Å². The minimum atomic E-state index is -0.901. The number of nitrogen functional groups attached to an aromatic ring is 1. The summed E-state index contributed by atoms with van der Waals surface area (Å²) in [7, 11) is 0. The van der Waals surface area contributed by atoms with Crippen molar-refractivity contribution in [3.63, 3.8) is 0 Å². The zero-order valence-corrected chi connectivity index (χ0v) is 19.5. The van der Waals surface area contributed by atoms with Crippen molar-refractivity contribution in [2.24, 2.45) is 0 Å². The SMILES string of the molecule is CC(C)n1nc(COc2ccccc2CC(=O)O)c2cc(-c3ccc4ncnc(N)c4c3)ccc21. The lowest BCUT2D eigenvalue weighted by Crippen LogP contribution is -2.06. The first-order valence-corrected chi connectivity index (χ1v) is 11.3. The van der Waals surface area contributed by atoms with Crippen LogP contribution in [0.4, 0.5) is 5.82 Å². The van der Waals surface area contributed by atoms with Crippen molar-refractivity contribution < 1.29 is 14.6 Å². The zero-order chi connectivity index (χ0) is 24.5. The first-order valence-electron chi connectivity index (χ1n) is 11.3. The van der Waals surface area contributed by atoms with Gasteiger partial charge in [-0.3, -0.25) is 9.48 Å². The van der Waals surface area contributed by atoms with Crippen molar-refractivity contribution in [1.82, 2.24) is 19.7 Å². The summed E-state index contributed by atoms with van der Waals surface area (Å²) in [5.74, 6) is 0.0876. The van der Waals surface area contributed by atoms with E-state index < -0.39 is 5.97 Å². The molecule has 0 radical (unpaired) electrons. The number of carboxylic acids is 1. The molecule has 0 saturated carbocycles. The number of ether oxygens (including phenoxy) is 1. The maximum atomic E-state index is 11.2. The molecule has 0 fully saturated rings. The van der Waals surface area contributed by atoms with Crippen molar-refractivity contribution >= 4 is 33.6 Å². The van der Waals surface area contributed by atoms with Crippen molar-refractivity contribution in [3.8, 4) is 16.9 Å². The van der Waals surface area contributed by atoms with E-state index in [9.17, 15) is 9.90 Å². The third-order valence-corrected chi connectivity index (χ3v) is 5.95. The number of para-hydroxylation sites is 1. The maximum absolute atomic E-state index is 11.2. The first kappa shape index (κ1) is 22.3. The molecule has 0 spiro atoms. The van der Waals surface area contributed by atoms with Crippen LogP contribution in [-0.2, 0) is 17.8 Å². The lowest BCUT2D eigenvalue weighted by molar-refractivity contribution is -0.136. The van der Waals surface area contributed by atoms with Gasteiger partial charge in [-0.05, 0) is 55.3 Å². The van der Waals surface area contributed by atoms with E-state index in [1.807, 2.05) is 35.0 Å². The van der Waals surface area contributed by atoms with E-state index in [1.54, 1.807) is 12.1 Å². The van der Waals surface area contributed by atoms with Crippen LogP contribution >= 0.6 is 0 Å². The number of benzene rings is 3. The molecular formula is C27H25N5O3. The molecule has 0 amide bonds. The van der Waals surface area contributed by atoms with Gasteiger partial charge in [-0.2, -0.15) is 5.10 Å². The van der Waals surface area contributed by atoms with Gasteiger partial charge in [0.25, 0.3) is 0 Å². The van der Waals surface area contributed by atoms with Crippen LogP contribution in [0, 0.1) is 0 Å². The molecule has 0 unspecified atom stereocenters. The van der Waals surface area contributed by atoms with E-state index in [-0.39, 0.29) is 19.1 Å². The summed E-state index contributed by atoms with van der Waals surface area (Å²) in [5.41, 5.74) is 11.3. The second-order valence-electron chi connectivity index (χ2n) is 8.67. The molecule has 2 heterocycles. The molecule has 5 rings (SSSR count). The Hall–Kier alpha value is -4.46. The third kappa shape index (κ3) is 4.38. The number of carboxylic acid groups (broad SMARTS) is 1. The number of anilines is 1. The van der Waals surface area contributed by atoms with Gasteiger partial charge in [0.15, 0.2) is 0 Å². The van der Waals surface area contributed by atoms with Crippen LogP contribution in [0.5, 0.6) is 5.75 Å². The average Bonchev–Trinajstić information content (AvgIpc) is 3.21.